The molecule has 1 unspecified atom stereocenters. The van der Waals surface area contributed by atoms with E-state index in [9.17, 15) is 14.4 Å². The molecule has 0 aliphatic heterocycles. The molecular weight excluding hydrogens is 805 g/mol. The molecular formula is C59H86O6. The van der Waals surface area contributed by atoms with E-state index in [4.69, 9.17) is 14.2 Å². The molecule has 0 saturated heterocycles. The number of esters is 3. The van der Waals surface area contributed by atoms with Crippen LogP contribution in [-0.4, -0.2) is 37.2 Å². The van der Waals surface area contributed by atoms with Crippen molar-refractivity contribution < 1.29 is 28.6 Å². The summed E-state index contributed by atoms with van der Waals surface area (Å²) >= 11 is 0. The number of carbonyl (C=O) groups excluding carboxylic acids is 3. The third-order valence-corrected chi connectivity index (χ3v) is 9.42. The highest BCUT2D eigenvalue weighted by molar-refractivity contribution is 5.71. The third kappa shape index (κ3) is 49.6. The maximum Gasteiger partial charge on any atom is 0.306 e. The second-order valence-corrected chi connectivity index (χ2v) is 15.5. The minimum absolute atomic E-state index is 0.152. The van der Waals surface area contributed by atoms with Gasteiger partial charge < -0.3 is 14.2 Å². The van der Waals surface area contributed by atoms with Crippen molar-refractivity contribution >= 4 is 17.9 Å². The van der Waals surface area contributed by atoms with Gasteiger partial charge in [-0.3, -0.25) is 14.4 Å². The number of hydrogen-bond donors (Lipinski definition) is 0. The van der Waals surface area contributed by atoms with E-state index in [1.54, 1.807) is 0 Å². The molecule has 0 rings (SSSR count). The summed E-state index contributed by atoms with van der Waals surface area (Å²) in [4.78, 5) is 37.9. The van der Waals surface area contributed by atoms with Crippen molar-refractivity contribution in [2.24, 2.45) is 0 Å². The Morgan fingerprint density at radius 1 is 0.338 bits per heavy atom. The molecule has 0 saturated carbocycles. The minimum atomic E-state index is -0.865. The van der Waals surface area contributed by atoms with Crippen LogP contribution in [0.3, 0.4) is 0 Å². The van der Waals surface area contributed by atoms with Gasteiger partial charge in [0.15, 0.2) is 6.10 Å². The maximum atomic E-state index is 12.8. The highest BCUT2D eigenvalue weighted by atomic mass is 16.6. The molecule has 0 aromatic carbocycles. The fourth-order valence-electron chi connectivity index (χ4n) is 5.77. The van der Waals surface area contributed by atoms with Crippen LogP contribution in [0.25, 0.3) is 0 Å². The first-order valence-corrected chi connectivity index (χ1v) is 24.8. The Kier molecular flexibility index (Phi) is 47.3. The van der Waals surface area contributed by atoms with E-state index in [1.807, 2.05) is 72.9 Å². The van der Waals surface area contributed by atoms with E-state index in [0.29, 0.717) is 19.3 Å². The van der Waals surface area contributed by atoms with Crippen LogP contribution in [0.1, 0.15) is 162 Å². The van der Waals surface area contributed by atoms with Gasteiger partial charge in [-0.2, -0.15) is 0 Å². The summed E-state index contributed by atoms with van der Waals surface area (Å²) < 4.78 is 16.6. The van der Waals surface area contributed by atoms with Crippen LogP contribution in [-0.2, 0) is 28.6 Å². The van der Waals surface area contributed by atoms with Gasteiger partial charge >= 0.3 is 17.9 Å². The molecule has 0 aliphatic carbocycles. The normalized spacial score (nSPS) is 13.6. The van der Waals surface area contributed by atoms with Crippen LogP contribution in [0.5, 0.6) is 0 Å². The van der Waals surface area contributed by atoms with Crippen molar-refractivity contribution in [2.75, 3.05) is 13.2 Å². The predicted octanol–water partition coefficient (Wildman–Crippen LogP) is 16.4. The topological polar surface area (TPSA) is 78.9 Å². The van der Waals surface area contributed by atoms with Crippen LogP contribution in [0.4, 0.5) is 0 Å². The lowest BCUT2D eigenvalue weighted by molar-refractivity contribution is -0.166. The Morgan fingerprint density at radius 2 is 0.723 bits per heavy atom. The first-order valence-electron chi connectivity index (χ1n) is 24.8. The van der Waals surface area contributed by atoms with Crippen molar-refractivity contribution in [3.63, 3.8) is 0 Å². The standard InChI is InChI=1S/C59H86O6/c1-4-7-10-13-16-19-22-25-27-29-30-32-34-37-40-43-46-49-52-58(61)64-55-56(54-63-57(60)51-48-45-42-39-36-33-24-21-18-15-12-9-6-3)65-59(62)53-50-47-44-41-38-35-31-28-26-23-20-17-14-11-8-5-2/h8-9,11-12,15-22,24-30,32-33,35-36,38-39,42,44,47,56H,4-7,10,13-14,23,31,34,37,40-41,43,45-46,48-55H2,1-3H3/b11-8+,12-9+,18-15+,19-16+,20-17+,24-21+,25-22+,28-26+,29-27+,32-30+,36-33+,38-35+,42-39+,47-44+. The Balaban J connectivity index is 4.68. The van der Waals surface area contributed by atoms with Gasteiger partial charge in [-0.15, -0.1) is 0 Å². The molecule has 6 heteroatoms. The lowest BCUT2D eigenvalue weighted by atomic mass is 10.1. The lowest BCUT2D eigenvalue weighted by Crippen LogP contribution is -2.30. The Bertz CT molecular complexity index is 1590. The maximum absolute atomic E-state index is 12.8. The molecule has 0 amide bonds. The van der Waals surface area contributed by atoms with E-state index >= 15 is 0 Å². The monoisotopic (exact) mass is 891 g/mol. The summed E-state index contributed by atoms with van der Waals surface area (Å²) in [6, 6.07) is 0. The molecule has 0 N–H and O–H groups in total. The first kappa shape index (κ1) is 59.8. The van der Waals surface area contributed by atoms with Crippen LogP contribution < -0.4 is 0 Å². The van der Waals surface area contributed by atoms with Crippen molar-refractivity contribution in [2.45, 2.75) is 168 Å². The number of allylic oxidation sites excluding steroid dienone is 28. The SMILES string of the molecule is CC/C=C/C=C/C=C/C=C/C=C/CCCC(=O)OCC(COC(=O)CCCCCCC/C=C/C=C/C=C/C=C/CCCCC)OC(=O)CC/C=C/C/C=C/C/C=C/C/C=C/C/C=C/CC. The van der Waals surface area contributed by atoms with Gasteiger partial charge in [0, 0.05) is 19.3 Å². The summed E-state index contributed by atoms with van der Waals surface area (Å²) in [5.41, 5.74) is 0. The summed E-state index contributed by atoms with van der Waals surface area (Å²) in [6.07, 6.45) is 76.4. The summed E-state index contributed by atoms with van der Waals surface area (Å²) in [5, 5.41) is 0. The van der Waals surface area contributed by atoms with Crippen molar-refractivity contribution in [3.8, 4) is 0 Å². The van der Waals surface area contributed by atoms with Crippen molar-refractivity contribution in [3.05, 3.63) is 170 Å². The van der Waals surface area contributed by atoms with Crippen LogP contribution >= 0.6 is 0 Å². The van der Waals surface area contributed by atoms with Gasteiger partial charge in [-0.05, 0) is 89.9 Å². The summed E-state index contributed by atoms with van der Waals surface area (Å²) in [7, 11) is 0. The van der Waals surface area contributed by atoms with Gasteiger partial charge in [0.25, 0.3) is 0 Å². The molecule has 0 aromatic heterocycles. The van der Waals surface area contributed by atoms with E-state index in [1.165, 1.54) is 19.3 Å². The Morgan fingerprint density at radius 3 is 1.22 bits per heavy atom. The molecule has 358 valence electrons. The fraction of sp³-hybridized carbons (Fsp3) is 0.475. The van der Waals surface area contributed by atoms with Crippen LogP contribution in [0.15, 0.2) is 170 Å². The number of hydrogen-bond acceptors (Lipinski definition) is 6. The number of ether oxygens (including phenoxy) is 3. The first-order chi connectivity index (χ1) is 32.0. The van der Waals surface area contributed by atoms with Gasteiger partial charge in [0.2, 0.25) is 0 Å². The summed E-state index contributed by atoms with van der Waals surface area (Å²) in [6.45, 7) is 6.15. The average molecular weight is 891 g/mol. The van der Waals surface area contributed by atoms with E-state index in [0.717, 1.165) is 89.9 Å². The molecule has 0 bridgehead atoms. The quantitative estimate of drug-likeness (QED) is 0.0200. The highest BCUT2D eigenvalue weighted by Crippen LogP contribution is 2.10. The van der Waals surface area contributed by atoms with Gasteiger partial charge in [0.1, 0.15) is 13.2 Å². The van der Waals surface area contributed by atoms with E-state index in [2.05, 4.69) is 118 Å². The van der Waals surface area contributed by atoms with Crippen molar-refractivity contribution in [1.82, 2.24) is 0 Å². The predicted molar refractivity (Wildman–Crippen MR) is 278 cm³/mol. The largest absolute Gasteiger partial charge is 0.462 e. The molecule has 0 aliphatic rings. The Labute approximate surface area is 396 Å². The smallest absolute Gasteiger partial charge is 0.306 e. The second-order valence-electron chi connectivity index (χ2n) is 15.5. The molecule has 0 fully saturated rings. The molecule has 0 spiro atoms. The molecule has 0 aromatic rings. The van der Waals surface area contributed by atoms with Crippen molar-refractivity contribution in [1.29, 1.82) is 0 Å². The zero-order valence-corrected chi connectivity index (χ0v) is 40.7. The fourth-order valence-corrected chi connectivity index (χ4v) is 5.77. The third-order valence-electron chi connectivity index (χ3n) is 9.42. The Hall–Kier alpha value is -5.23. The average Bonchev–Trinajstić information content (AvgIpc) is 3.30. The van der Waals surface area contributed by atoms with Crippen LogP contribution in [0.2, 0.25) is 0 Å². The number of rotatable bonds is 41. The van der Waals surface area contributed by atoms with E-state index < -0.39 is 12.1 Å². The number of unbranched alkanes of at least 4 members (excludes halogenated alkanes) is 9. The van der Waals surface area contributed by atoms with E-state index in [-0.39, 0.29) is 38.0 Å². The highest BCUT2D eigenvalue weighted by Gasteiger charge is 2.19. The molecule has 0 heterocycles. The summed E-state index contributed by atoms with van der Waals surface area (Å²) in [5.74, 6) is -1.15. The zero-order chi connectivity index (χ0) is 47.2. The molecule has 6 nitrogen and oxygen atoms in total. The second kappa shape index (κ2) is 51.4. The minimum Gasteiger partial charge on any atom is -0.462 e. The van der Waals surface area contributed by atoms with Gasteiger partial charge in [-0.25, -0.2) is 0 Å². The number of carbonyl (C=O) groups is 3. The molecule has 0 radical (unpaired) electrons. The van der Waals surface area contributed by atoms with Crippen LogP contribution in [0, 0.1) is 0 Å². The molecule has 65 heavy (non-hydrogen) atoms. The molecule has 1 atom stereocenters. The van der Waals surface area contributed by atoms with Gasteiger partial charge in [-0.1, -0.05) is 223 Å². The lowest BCUT2D eigenvalue weighted by Gasteiger charge is -2.18. The van der Waals surface area contributed by atoms with Gasteiger partial charge in [0.05, 0.1) is 0 Å². The zero-order valence-electron chi connectivity index (χ0n) is 40.7.